The van der Waals surface area contributed by atoms with E-state index in [1.54, 1.807) is 0 Å². The van der Waals surface area contributed by atoms with E-state index >= 15 is 0 Å². The van der Waals surface area contributed by atoms with Crippen LogP contribution in [0.15, 0.2) is 24.3 Å². The normalized spacial score (nSPS) is 21.6. The summed E-state index contributed by atoms with van der Waals surface area (Å²) < 4.78 is 5.74. The van der Waals surface area contributed by atoms with Crippen LogP contribution >= 0.6 is 0 Å². The molecule has 0 N–H and O–H groups in total. The van der Waals surface area contributed by atoms with Crippen molar-refractivity contribution >= 4 is 5.97 Å². The van der Waals surface area contributed by atoms with Crippen LogP contribution in [0.3, 0.4) is 0 Å². The highest BCUT2D eigenvalue weighted by molar-refractivity contribution is 5.75. The minimum atomic E-state index is -0.443. The van der Waals surface area contributed by atoms with Crippen molar-refractivity contribution in [3.8, 4) is 0 Å². The predicted molar refractivity (Wildman–Crippen MR) is 77.0 cm³/mol. The first-order valence-corrected chi connectivity index (χ1v) is 7.02. The quantitative estimate of drug-likeness (QED) is 0.700. The van der Waals surface area contributed by atoms with Crippen LogP contribution in [0.4, 0.5) is 0 Å². The molecular weight excluding hydrogens is 236 g/mol. The number of hydrogen-bond donors (Lipinski definition) is 0. The Bertz CT molecular complexity index is 480. The van der Waals surface area contributed by atoms with Gasteiger partial charge in [-0.05, 0) is 50.2 Å². The average Bonchev–Trinajstić information content (AvgIpc) is 2.32. The molecule has 0 saturated carbocycles. The van der Waals surface area contributed by atoms with Crippen LogP contribution in [0.5, 0.6) is 0 Å². The molecule has 104 valence electrons. The third kappa shape index (κ3) is 2.83. The second kappa shape index (κ2) is 4.66. The lowest BCUT2D eigenvalue weighted by atomic mass is 9.72. The Hall–Kier alpha value is -1.31. The summed E-state index contributed by atoms with van der Waals surface area (Å²) in [6.07, 6.45) is 1.87. The zero-order valence-electron chi connectivity index (χ0n) is 12.6. The van der Waals surface area contributed by atoms with Gasteiger partial charge in [-0.1, -0.05) is 38.1 Å². The fourth-order valence-electron chi connectivity index (χ4n) is 2.60. The molecule has 0 amide bonds. The highest BCUT2D eigenvalue weighted by Gasteiger charge is 2.35. The molecule has 1 aliphatic rings. The molecule has 19 heavy (non-hydrogen) atoms. The summed E-state index contributed by atoms with van der Waals surface area (Å²) >= 11 is 0. The Kier molecular flexibility index (Phi) is 3.46. The maximum absolute atomic E-state index is 12.1. The van der Waals surface area contributed by atoms with Gasteiger partial charge in [0.15, 0.2) is 0 Å². The van der Waals surface area contributed by atoms with E-state index in [0.29, 0.717) is 0 Å². The number of fused-ring (bicyclic) bond motifs is 1. The number of benzene rings is 1. The molecule has 1 unspecified atom stereocenters. The SMILES string of the molecule is CC(C)(C)C(=O)OC1CCC(C)(C)c2ccccc21. The first kappa shape index (κ1) is 14.1. The molecule has 0 aromatic heterocycles. The van der Waals surface area contributed by atoms with Gasteiger partial charge in [-0.2, -0.15) is 0 Å². The van der Waals surface area contributed by atoms with Crippen molar-refractivity contribution in [2.24, 2.45) is 5.41 Å². The van der Waals surface area contributed by atoms with E-state index in [-0.39, 0.29) is 17.5 Å². The van der Waals surface area contributed by atoms with E-state index < -0.39 is 5.41 Å². The van der Waals surface area contributed by atoms with E-state index in [9.17, 15) is 4.79 Å². The smallest absolute Gasteiger partial charge is 0.311 e. The molecule has 2 rings (SSSR count). The number of carbonyl (C=O) groups is 1. The van der Waals surface area contributed by atoms with Crippen molar-refractivity contribution in [2.75, 3.05) is 0 Å². The van der Waals surface area contributed by atoms with Crippen LogP contribution < -0.4 is 0 Å². The van der Waals surface area contributed by atoms with Crippen LogP contribution in [0, 0.1) is 5.41 Å². The molecular formula is C17H24O2. The second-order valence-corrected chi connectivity index (χ2v) is 7.15. The fourth-order valence-corrected chi connectivity index (χ4v) is 2.60. The standard InChI is InChI=1S/C17H24O2/c1-16(2,3)15(18)19-14-10-11-17(4,5)13-9-7-6-8-12(13)14/h6-9,14H,10-11H2,1-5H3. The monoisotopic (exact) mass is 260 g/mol. The summed E-state index contributed by atoms with van der Waals surface area (Å²) in [6.45, 7) is 10.2. The van der Waals surface area contributed by atoms with Crippen molar-refractivity contribution in [1.82, 2.24) is 0 Å². The van der Waals surface area contributed by atoms with Gasteiger partial charge in [0, 0.05) is 0 Å². The molecule has 0 saturated heterocycles. The summed E-state index contributed by atoms with van der Waals surface area (Å²) in [5, 5.41) is 0. The molecule has 0 bridgehead atoms. The van der Waals surface area contributed by atoms with Crippen molar-refractivity contribution in [1.29, 1.82) is 0 Å². The van der Waals surface area contributed by atoms with E-state index in [2.05, 4.69) is 32.0 Å². The summed E-state index contributed by atoms with van der Waals surface area (Å²) in [4.78, 5) is 12.1. The number of carbonyl (C=O) groups excluding carboxylic acids is 1. The molecule has 0 fully saturated rings. The summed E-state index contributed by atoms with van der Waals surface area (Å²) in [5.41, 5.74) is 2.22. The summed E-state index contributed by atoms with van der Waals surface area (Å²) in [6, 6.07) is 8.34. The Morgan fingerprint density at radius 2 is 1.89 bits per heavy atom. The van der Waals surface area contributed by atoms with Crippen LogP contribution in [-0.2, 0) is 14.9 Å². The Labute approximate surface area is 116 Å². The average molecular weight is 260 g/mol. The zero-order valence-corrected chi connectivity index (χ0v) is 12.6. The van der Waals surface area contributed by atoms with Crippen LogP contribution in [-0.4, -0.2) is 5.97 Å². The van der Waals surface area contributed by atoms with Gasteiger partial charge in [0.2, 0.25) is 0 Å². The van der Waals surface area contributed by atoms with E-state index in [1.807, 2.05) is 26.8 Å². The Morgan fingerprint density at radius 3 is 2.53 bits per heavy atom. The van der Waals surface area contributed by atoms with Gasteiger partial charge in [0.25, 0.3) is 0 Å². The highest BCUT2D eigenvalue weighted by Crippen LogP contribution is 2.43. The number of rotatable bonds is 1. The van der Waals surface area contributed by atoms with Gasteiger partial charge >= 0.3 is 5.97 Å². The molecule has 1 aliphatic carbocycles. The van der Waals surface area contributed by atoms with Crippen LogP contribution in [0.25, 0.3) is 0 Å². The molecule has 1 aromatic rings. The van der Waals surface area contributed by atoms with Crippen LogP contribution in [0.1, 0.15) is 64.7 Å². The molecule has 1 atom stereocenters. The van der Waals surface area contributed by atoms with Gasteiger partial charge in [0.05, 0.1) is 5.41 Å². The number of hydrogen-bond acceptors (Lipinski definition) is 2. The van der Waals surface area contributed by atoms with Gasteiger partial charge in [-0.15, -0.1) is 0 Å². The fraction of sp³-hybridized carbons (Fsp3) is 0.588. The molecule has 1 aromatic carbocycles. The van der Waals surface area contributed by atoms with E-state index in [0.717, 1.165) is 12.8 Å². The largest absolute Gasteiger partial charge is 0.457 e. The molecule has 0 aliphatic heterocycles. The molecule has 2 nitrogen and oxygen atoms in total. The Morgan fingerprint density at radius 1 is 1.26 bits per heavy atom. The predicted octanol–water partition coefficient (Wildman–Crippen LogP) is 4.39. The highest BCUT2D eigenvalue weighted by atomic mass is 16.5. The van der Waals surface area contributed by atoms with Crippen molar-refractivity contribution in [3.05, 3.63) is 35.4 Å². The third-order valence-corrected chi connectivity index (χ3v) is 3.93. The molecule has 0 heterocycles. The maximum atomic E-state index is 12.1. The molecule has 0 radical (unpaired) electrons. The van der Waals surface area contributed by atoms with Crippen LogP contribution in [0.2, 0.25) is 0 Å². The third-order valence-electron chi connectivity index (χ3n) is 3.93. The van der Waals surface area contributed by atoms with Gasteiger partial charge in [-0.25, -0.2) is 0 Å². The van der Waals surface area contributed by atoms with E-state index in [1.165, 1.54) is 11.1 Å². The summed E-state index contributed by atoms with van der Waals surface area (Å²) in [7, 11) is 0. The Balaban J connectivity index is 2.29. The first-order valence-electron chi connectivity index (χ1n) is 7.02. The number of ether oxygens (including phenoxy) is 1. The van der Waals surface area contributed by atoms with Crippen molar-refractivity contribution in [2.45, 2.75) is 59.0 Å². The van der Waals surface area contributed by atoms with Crippen molar-refractivity contribution in [3.63, 3.8) is 0 Å². The number of esters is 1. The lowest BCUT2D eigenvalue weighted by Crippen LogP contribution is -2.31. The van der Waals surface area contributed by atoms with Gasteiger partial charge in [-0.3, -0.25) is 4.79 Å². The van der Waals surface area contributed by atoms with Gasteiger partial charge in [0.1, 0.15) is 6.10 Å². The lowest BCUT2D eigenvalue weighted by molar-refractivity contribution is -0.160. The minimum Gasteiger partial charge on any atom is -0.457 e. The zero-order chi connectivity index (χ0) is 14.3. The minimum absolute atomic E-state index is 0.0871. The first-order chi connectivity index (χ1) is 8.72. The van der Waals surface area contributed by atoms with Crippen molar-refractivity contribution < 1.29 is 9.53 Å². The van der Waals surface area contributed by atoms with E-state index in [4.69, 9.17) is 4.74 Å². The molecule has 0 spiro atoms. The molecule has 2 heteroatoms. The maximum Gasteiger partial charge on any atom is 0.311 e. The topological polar surface area (TPSA) is 26.3 Å². The summed E-state index contributed by atoms with van der Waals surface area (Å²) in [5.74, 6) is -0.119. The second-order valence-electron chi connectivity index (χ2n) is 7.15. The lowest BCUT2D eigenvalue weighted by Gasteiger charge is -2.37. The van der Waals surface area contributed by atoms with Gasteiger partial charge < -0.3 is 4.74 Å².